The summed E-state index contributed by atoms with van der Waals surface area (Å²) in [6, 6.07) is 7.43. The minimum absolute atomic E-state index is 0.201. The maximum Gasteiger partial charge on any atom is 0.354 e. The van der Waals surface area contributed by atoms with Gasteiger partial charge < -0.3 is 9.47 Å². The first-order chi connectivity index (χ1) is 8.17. The fourth-order valence-electron chi connectivity index (χ4n) is 1.74. The largest absolute Gasteiger partial charge is 0.497 e. The maximum atomic E-state index is 11.5. The zero-order valence-corrected chi connectivity index (χ0v) is 11.1. The Kier molecular flexibility index (Phi) is 3.47. The highest BCUT2D eigenvalue weighted by molar-refractivity contribution is 9.10. The Balaban J connectivity index is 2.26. The molecule has 1 aliphatic rings. The van der Waals surface area contributed by atoms with Crippen LogP contribution in [-0.2, 0) is 9.53 Å². The zero-order valence-electron chi connectivity index (χ0n) is 9.51. The van der Waals surface area contributed by atoms with Crippen LogP contribution < -0.4 is 4.74 Å². The molecule has 1 fully saturated rings. The Morgan fingerprint density at radius 1 is 1.35 bits per heavy atom. The number of halogens is 1. The Hall–Kier alpha value is -1.36. The summed E-state index contributed by atoms with van der Waals surface area (Å²) in [5.41, 5.74) is 1.34. The number of ether oxygens (including phenoxy) is 2. The Bertz CT molecular complexity index is 455. The van der Waals surface area contributed by atoms with E-state index in [0.29, 0.717) is 5.71 Å². The summed E-state index contributed by atoms with van der Waals surface area (Å²) >= 11 is 3.44. The molecule has 0 spiro atoms. The summed E-state index contributed by atoms with van der Waals surface area (Å²) < 4.78 is 10.4. The molecule has 1 aromatic rings. The lowest BCUT2D eigenvalue weighted by atomic mass is 10.1. The molecule has 2 rings (SSSR count). The summed E-state index contributed by atoms with van der Waals surface area (Å²) in [4.78, 5) is 15.2. The monoisotopic (exact) mass is 297 g/mol. The molecule has 0 radical (unpaired) electrons. The summed E-state index contributed by atoms with van der Waals surface area (Å²) in [5, 5.41) is 0. The van der Waals surface area contributed by atoms with Gasteiger partial charge in [0.05, 0.1) is 7.11 Å². The predicted molar refractivity (Wildman–Crippen MR) is 67.9 cm³/mol. The molecular formula is C12H12BrNO3. The van der Waals surface area contributed by atoms with Crippen LogP contribution in [0.1, 0.15) is 11.7 Å². The van der Waals surface area contributed by atoms with Gasteiger partial charge in [0, 0.05) is 7.05 Å². The Morgan fingerprint density at radius 2 is 2.00 bits per heavy atom. The van der Waals surface area contributed by atoms with Crippen molar-refractivity contribution < 1.29 is 14.3 Å². The summed E-state index contributed by atoms with van der Waals surface area (Å²) in [5.74, 6) is 0.406. The fourth-order valence-corrected chi connectivity index (χ4v) is 2.54. The molecule has 1 aliphatic heterocycles. The van der Waals surface area contributed by atoms with Crippen molar-refractivity contribution in [2.24, 2.45) is 4.99 Å². The van der Waals surface area contributed by atoms with Gasteiger partial charge in [-0.05, 0) is 17.7 Å². The third kappa shape index (κ3) is 2.20. The molecule has 0 bridgehead atoms. The Labute approximate surface area is 108 Å². The van der Waals surface area contributed by atoms with Crippen molar-refractivity contribution in [2.45, 2.75) is 10.9 Å². The molecule has 0 N–H and O–H groups in total. The molecular weight excluding hydrogens is 286 g/mol. The topological polar surface area (TPSA) is 47.9 Å². The van der Waals surface area contributed by atoms with E-state index in [4.69, 9.17) is 9.47 Å². The first-order valence-electron chi connectivity index (χ1n) is 5.13. The first-order valence-corrected chi connectivity index (χ1v) is 6.04. The second kappa shape index (κ2) is 4.87. The number of hydrogen-bond donors (Lipinski definition) is 0. The van der Waals surface area contributed by atoms with Gasteiger partial charge in [0.25, 0.3) is 0 Å². The number of nitrogens with zero attached hydrogens (tertiary/aromatic N) is 1. The molecule has 5 heteroatoms. The molecule has 2 atom stereocenters. The average Bonchev–Trinajstić information content (AvgIpc) is 2.64. The average molecular weight is 298 g/mol. The van der Waals surface area contributed by atoms with Gasteiger partial charge in [-0.3, -0.25) is 4.99 Å². The van der Waals surface area contributed by atoms with Crippen molar-refractivity contribution in [2.75, 3.05) is 14.2 Å². The number of carbonyl (C=O) groups excluding carboxylic acids is 1. The highest BCUT2D eigenvalue weighted by Crippen LogP contribution is 2.34. The summed E-state index contributed by atoms with van der Waals surface area (Å²) in [6.07, 6.45) is -0.327. The lowest BCUT2D eigenvalue weighted by Gasteiger charge is -2.12. The molecule has 2 unspecified atom stereocenters. The molecule has 0 saturated carbocycles. The fraction of sp³-hybridized carbons (Fsp3) is 0.333. The standard InChI is InChI=1S/C12H12BrNO3/c1-14-10-9(13)11(17-12(10)15)7-3-5-8(16-2)6-4-7/h3-6,9,11H,1-2H3. The van der Waals surface area contributed by atoms with Crippen molar-refractivity contribution in [1.82, 2.24) is 0 Å². The van der Waals surface area contributed by atoms with Gasteiger partial charge >= 0.3 is 5.97 Å². The van der Waals surface area contributed by atoms with Gasteiger partial charge in [-0.1, -0.05) is 28.1 Å². The van der Waals surface area contributed by atoms with Crippen LogP contribution in [0.15, 0.2) is 29.3 Å². The number of hydrogen-bond acceptors (Lipinski definition) is 4. The van der Waals surface area contributed by atoms with Crippen LogP contribution in [0, 0.1) is 0 Å². The van der Waals surface area contributed by atoms with Crippen LogP contribution in [0.2, 0.25) is 0 Å². The lowest BCUT2D eigenvalue weighted by molar-refractivity contribution is -0.136. The normalized spacial score (nSPS) is 26.1. The van der Waals surface area contributed by atoms with Gasteiger partial charge in [-0.25, -0.2) is 4.79 Å². The van der Waals surface area contributed by atoms with Crippen molar-refractivity contribution in [3.8, 4) is 5.75 Å². The minimum atomic E-state index is -0.366. The molecule has 90 valence electrons. The quantitative estimate of drug-likeness (QED) is 0.621. The molecule has 1 heterocycles. The van der Waals surface area contributed by atoms with Crippen molar-refractivity contribution in [3.05, 3.63) is 29.8 Å². The van der Waals surface area contributed by atoms with Crippen molar-refractivity contribution in [3.63, 3.8) is 0 Å². The van der Waals surface area contributed by atoms with Gasteiger partial charge in [0.15, 0.2) is 0 Å². The number of methoxy groups -OCH3 is 1. The van der Waals surface area contributed by atoms with E-state index >= 15 is 0 Å². The van der Waals surface area contributed by atoms with E-state index in [1.165, 1.54) is 0 Å². The molecule has 0 amide bonds. The molecule has 4 nitrogen and oxygen atoms in total. The lowest BCUT2D eigenvalue weighted by Crippen LogP contribution is -2.15. The number of aliphatic imine (C=N–C) groups is 1. The third-order valence-electron chi connectivity index (χ3n) is 2.66. The van der Waals surface area contributed by atoms with E-state index in [9.17, 15) is 4.79 Å². The highest BCUT2D eigenvalue weighted by atomic mass is 79.9. The van der Waals surface area contributed by atoms with E-state index in [1.807, 2.05) is 24.3 Å². The van der Waals surface area contributed by atoms with Crippen LogP contribution in [0.3, 0.4) is 0 Å². The van der Waals surface area contributed by atoms with Gasteiger partial charge in [-0.2, -0.15) is 0 Å². The second-order valence-electron chi connectivity index (χ2n) is 3.61. The molecule has 1 saturated heterocycles. The van der Waals surface area contributed by atoms with Crippen LogP contribution in [0.25, 0.3) is 0 Å². The minimum Gasteiger partial charge on any atom is -0.497 e. The first kappa shape index (κ1) is 12.1. The SMILES string of the molecule is CN=C1C(=O)OC(c2ccc(OC)cc2)C1Br. The summed E-state index contributed by atoms with van der Waals surface area (Å²) in [7, 11) is 3.20. The number of alkyl halides is 1. The predicted octanol–water partition coefficient (Wildman–Crippen LogP) is 2.13. The smallest absolute Gasteiger partial charge is 0.354 e. The second-order valence-corrected chi connectivity index (χ2v) is 4.60. The zero-order chi connectivity index (χ0) is 12.4. The molecule has 1 aromatic carbocycles. The van der Waals surface area contributed by atoms with E-state index in [-0.39, 0.29) is 16.9 Å². The highest BCUT2D eigenvalue weighted by Gasteiger charge is 2.40. The number of benzene rings is 1. The molecule has 17 heavy (non-hydrogen) atoms. The maximum absolute atomic E-state index is 11.5. The number of cyclic esters (lactones) is 1. The van der Waals surface area contributed by atoms with Gasteiger partial charge in [0.2, 0.25) is 0 Å². The van der Waals surface area contributed by atoms with Crippen LogP contribution >= 0.6 is 15.9 Å². The molecule has 0 aliphatic carbocycles. The van der Waals surface area contributed by atoms with E-state index in [0.717, 1.165) is 11.3 Å². The molecule has 0 aromatic heterocycles. The Morgan fingerprint density at radius 3 is 2.47 bits per heavy atom. The van der Waals surface area contributed by atoms with Crippen LogP contribution in [-0.4, -0.2) is 30.7 Å². The van der Waals surface area contributed by atoms with Crippen molar-refractivity contribution in [1.29, 1.82) is 0 Å². The van der Waals surface area contributed by atoms with Crippen molar-refractivity contribution >= 4 is 27.6 Å². The van der Waals surface area contributed by atoms with E-state index in [2.05, 4.69) is 20.9 Å². The van der Waals surface area contributed by atoms with Crippen LogP contribution in [0.5, 0.6) is 5.75 Å². The number of rotatable bonds is 2. The van der Waals surface area contributed by atoms with Gasteiger partial charge in [0.1, 0.15) is 22.4 Å². The summed E-state index contributed by atoms with van der Waals surface area (Å²) in [6.45, 7) is 0. The number of esters is 1. The van der Waals surface area contributed by atoms with Gasteiger partial charge in [-0.15, -0.1) is 0 Å². The third-order valence-corrected chi connectivity index (χ3v) is 3.57. The van der Waals surface area contributed by atoms with E-state index < -0.39 is 0 Å². The van der Waals surface area contributed by atoms with Crippen LogP contribution in [0.4, 0.5) is 0 Å². The number of carbonyl (C=O) groups is 1. The van der Waals surface area contributed by atoms with E-state index in [1.54, 1.807) is 14.2 Å².